The molecule has 3 rings (SSSR count). The van der Waals surface area contributed by atoms with Gasteiger partial charge in [-0.1, -0.05) is 0 Å². The van der Waals surface area contributed by atoms with Crippen molar-refractivity contribution < 1.29 is 23.7 Å². The molecule has 0 radical (unpaired) electrons. The number of likely N-dealkylation sites (N-methyl/N-ethyl adjacent to an activating group) is 1. The number of amides is 1. The maximum Gasteiger partial charge on any atom is 0.258 e. The van der Waals surface area contributed by atoms with Gasteiger partial charge in [0.2, 0.25) is 5.75 Å². The fourth-order valence-corrected chi connectivity index (χ4v) is 3.04. The Morgan fingerprint density at radius 3 is 2.08 bits per heavy atom. The van der Waals surface area contributed by atoms with E-state index in [2.05, 4.69) is 0 Å². The second-order valence-corrected chi connectivity index (χ2v) is 5.76. The van der Waals surface area contributed by atoms with Crippen LogP contribution in [0, 0.1) is 0 Å². The fourth-order valence-electron chi connectivity index (χ4n) is 3.04. The molecule has 2 aromatic rings. The maximum atomic E-state index is 12.7. The molecule has 6 heteroatoms. The van der Waals surface area contributed by atoms with Gasteiger partial charge in [-0.2, -0.15) is 0 Å². The van der Waals surface area contributed by atoms with Crippen LogP contribution in [0.15, 0.2) is 30.3 Å². The van der Waals surface area contributed by atoms with Gasteiger partial charge in [0.1, 0.15) is 5.75 Å². The zero-order chi connectivity index (χ0) is 18.8. The van der Waals surface area contributed by atoms with Crippen molar-refractivity contribution in [1.29, 1.82) is 0 Å². The molecule has 0 fully saturated rings. The molecule has 1 amide bonds. The minimum absolute atomic E-state index is 0.0815. The molecule has 6 nitrogen and oxygen atoms in total. The van der Waals surface area contributed by atoms with Gasteiger partial charge >= 0.3 is 0 Å². The van der Waals surface area contributed by atoms with Crippen LogP contribution in [-0.2, 0) is 4.79 Å². The average Bonchev–Trinajstić information content (AvgIpc) is 2.91. The van der Waals surface area contributed by atoms with Gasteiger partial charge in [0.05, 0.1) is 34.1 Å². The summed E-state index contributed by atoms with van der Waals surface area (Å²) in [6, 6.07) is 9.20. The van der Waals surface area contributed by atoms with Crippen molar-refractivity contribution >= 4 is 23.2 Å². The molecule has 0 saturated heterocycles. The number of hydrogen-bond acceptors (Lipinski definition) is 5. The molecule has 0 atom stereocenters. The zero-order valence-electron chi connectivity index (χ0n) is 15.5. The Kier molecular flexibility index (Phi) is 4.75. The van der Waals surface area contributed by atoms with Gasteiger partial charge < -0.3 is 23.8 Å². The lowest BCUT2D eigenvalue weighted by Gasteiger charge is -2.13. The number of carbonyl (C=O) groups is 1. The molecule has 1 aliphatic heterocycles. The summed E-state index contributed by atoms with van der Waals surface area (Å²) in [5, 5.41) is 0. The minimum Gasteiger partial charge on any atom is -0.497 e. The number of nitrogens with zero attached hydrogens (tertiary/aromatic N) is 1. The van der Waals surface area contributed by atoms with Crippen molar-refractivity contribution in [3.63, 3.8) is 0 Å². The van der Waals surface area contributed by atoms with Crippen LogP contribution in [0.5, 0.6) is 23.0 Å². The summed E-state index contributed by atoms with van der Waals surface area (Å²) in [6.45, 7) is 0. The molecule has 0 aliphatic carbocycles. The van der Waals surface area contributed by atoms with E-state index in [1.54, 1.807) is 40.4 Å². The van der Waals surface area contributed by atoms with Crippen LogP contribution in [0.1, 0.15) is 11.1 Å². The number of benzene rings is 2. The van der Waals surface area contributed by atoms with E-state index in [4.69, 9.17) is 18.9 Å². The minimum atomic E-state index is -0.0815. The average molecular weight is 355 g/mol. The summed E-state index contributed by atoms with van der Waals surface area (Å²) in [5.41, 5.74) is 3.04. The van der Waals surface area contributed by atoms with E-state index in [-0.39, 0.29) is 5.91 Å². The molecule has 0 unspecified atom stereocenters. The first-order valence-corrected chi connectivity index (χ1v) is 8.02. The molecule has 0 bridgehead atoms. The van der Waals surface area contributed by atoms with Crippen molar-refractivity contribution in [2.45, 2.75) is 0 Å². The molecular formula is C20H21NO5. The zero-order valence-corrected chi connectivity index (χ0v) is 15.5. The summed E-state index contributed by atoms with van der Waals surface area (Å²) in [5.74, 6) is 2.21. The number of rotatable bonds is 5. The van der Waals surface area contributed by atoms with Gasteiger partial charge in [0.25, 0.3) is 5.91 Å². The first-order chi connectivity index (χ1) is 12.5. The number of ether oxygens (including phenoxy) is 4. The molecule has 1 aliphatic rings. The van der Waals surface area contributed by atoms with Crippen molar-refractivity contribution in [2.24, 2.45) is 0 Å². The van der Waals surface area contributed by atoms with E-state index in [0.717, 1.165) is 16.8 Å². The quantitative estimate of drug-likeness (QED) is 0.771. The van der Waals surface area contributed by atoms with Gasteiger partial charge in [0, 0.05) is 24.3 Å². The van der Waals surface area contributed by atoms with Crippen molar-refractivity contribution in [2.75, 3.05) is 40.4 Å². The SMILES string of the molecule is COc1ccc2c(c1)N(C)C(=O)C2=Cc1cc(OC)c(OC)c(OC)c1. The van der Waals surface area contributed by atoms with Crippen LogP contribution in [-0.4, -0.2) is 41.4 Å². The second kappa shape index (κ2) is 7.00. The Morgan fingerprint density at radius 1 is 0.885 bits per heavy atom. The molecule has 2 aromatic carbocycles. The third-order valence-corrected chi connectivity index (χ3v) is 4.39. The molecule has 0 N–H and O–H groups in total. The van der Waals surface area contributed by atoms with Crippen molar-refractivity contribution in [3.05, 3.63) is 41.5 Å². The van der Waals surface area contributed by atoms with Crippen LogP contribution in [0.3, 0.4) is 0 Å². The second-order valence-electron chi connectivity index (χ2n) is 5.76. The lowest BCUT2D eigenvalue weighted by Crippen LogP contribution is -2.20. The van der Waals surface area contributed by atoms with Gasteiger partial charge in [-0.25, -0.2) is 0 Å². The lowest BCUT2D eigenvalue weighted by molar-refractivity contribution is -0.112. The van der Waals surface area contributed by atoms with Gasteiger partial charge in [-0.15, -0.1) is 0 Å². The highest BCUT2D eigenvalue weighted by Gasteiger charge is 2.30. The number of hydrogen-bond donors (Lipinski definition) is 0. The molecule has 26 heavy (non-hydrogen) atoms. The Bertz CT molecular complexity index is 863. The highest BCUT2D eigenvalue weighted by atomic mass is 16.5. The monoisotopic (exact) mass is 355 g/mol. The van der Waals surface area contributed by atoms with E-state index < -0.39 is 0 Å². The predicted octanol–water partition coefficient (Wildman–Crippen LogP) is 3.24. The fraction of sp³-hybridized carbons (Fsp3) is 0.250. The number of carbonyl (C=O) groups excluding carboxylic acids is 1. The molecule has 136 valence electrons. The van der Waals surface area contributed by atoms with Crippen molar-refractivity contribution in [1.82, 2.24) is 0 Å². The van der Waals surface area contributed by atoms with E-state index in [1.165, 1.54) is 0 Å². The lowest BCUT2D eigenvalue weighted by atomic mass is 10.0. The van der Waals surface area contributed by atoms with Gasteiger partial charge in [-0.3, -0.25) is 4.79 Å². The van der Waals surface area contributed by atoms with Gasteiger partial charge in [0.15, 0.2) is 11.5 Å². The molecule has 1 heterocycles. The standard InChI is InChI=1S/C20H21NO5/c1-21-16-11-13(23-2)6-7-14(16)15(20(21)22)8-12-9-17(24-3)19(26-5)18(10-12)25-4/h6-11H,1-5H3. The number of anilines is 1. The van der Waals surface area contributed by atoms with E-state index in [0.29, 0.717) is 28.6 Å². The van der Waals surface area contributed by atoms with Crippen molar-refractivity contribution in [3.8, 4) is 23.0 Å². The Morgan fingerprint density at radius 2 is 1.54 bits per heavy atom. The molecule has 0 spiro atoms. The van der Waals surface area contributed by atoms with Crippen LogP contribution >= 0.6 is 0 Å². The highest BCUT2D eigenvalue weighted by molar-refractivity contribution is 6.35. The van der Waals surface area contributed by atoms with E-state index in [1.807, 2.05) is 36.4 Å². The third-order valence-electron chi connectivity index (χ3n) is 4.39. The normalized spacial score (nSPS) is 14.4. The maximum absolute atomic E-state index is 12.7. The number of methoxy groups -OCH3 is 4. The highest BCUT2D eigenvalue weighted by Crippen LogP contribution is 2.42. The topological polar surface area (TPSA) is 57.2 Å². The van der Waals surface area contributed by atoms with E-state index in [9.17, 15) is 4.79 Å². The molecule has 0 aromatic heterocycles. The Labute approximate surface area is 152 Å². The summed E-state index contributed by atoms with van der Waals surface area (Å²) >= 11 is 0. The Hall–Kier alpha value is -3.15. The Balaban J connectivity index is 2.13. The van der Waals surface area contributed by atoms with Crippen LogP contribution in [0.2, 0.25) is 0 Å². The third kappa shape index (κ3) is 2.83. The van der Waals surface area contributed by atoms with Crippen LogP contribution in [0.4, 0.5) is 5.69 Å². The first-order valence-electron chi connectivity index (χ1n) is 8.02. The smallest absolute Gasteiger partial charge is 0.258 e. The summed E-state index contributed by atoms with van der Waals surface area (Å²) in [4.78, 5) is 14.3. The largest absolute Gasteiger partial charge is 0.497 e. The summed E-state index contributed by atoms with van der Waals surface area (Å²) in [6.07, 6.45) is 1.82. The predicted molar refractivity (Wildman–Crippen MR) is 100 cm³/mol. The van der Waals surface area contributed by atoms with Crippen LogP contribution < -0.4 is 23.8 Å². The van der Waals surface area contributed by atoms with E-state index >= 15 is 0 Å². The number of fused-ring (bicyclic) bond motifs is 1. The summed E-state index contributed by atoms with van der Waals surface area (Å²) in [7, 11) is 8.02. The summed E-state index contributed by atoms with van der Waals surface area (Å²) < 4.78 is 21.4. The van der Waals surface area contributed by atoms with Crippen LogP contribution in [0.25, 0.3) is 11.6 Å². The first kappa shape index (κ1) is 17.7. The molecular weight excluding hydrogens is 334 g/mol. The molecule has 0 saturated carbocycles. The van der Waals surface area contributed by atoms with Gasteiger partial charge in [-0.05, 0) is 35.9 Å².